The van der Waals surface area contributed by atoms with Crippen LogP contribution < -0.4 is 10.9 Å². The summed E-state index contributed by atoms with van der Waals surface area (Å²) in [5, 5.41) is 12.9. The Labute approximate surface area is 243 Å². The molecule has 0 radical (unpaired) electrons. The Kier molecular flexibility index (Phi) is 8.41. The smallest absolute Gasteiger partial charge is 0.410 e. The number of rotatable bonds is 5. The number of nitrogens with zero attached hydrogens (tertiary/aromatic N) is 4. The molecule has 1 aromatic carbocycles. The third-order valence-electron chi connectivity index (χ3n) is 6.98. The Hall–Kier alpha value is -3.56. The number of sulfonamides is 1. The van der Waals surface area contributed by atoms with Gasteiger partial charge in [-0.2, -0.15) is 4.31 Å². The van der Waals surface area contributed by atoms with Crippen LogP contribution in [0.1, 0.15) is 63.4 Å². The van der Waals surface area contributed by atoms with Crippen molar-refractivity contribution in [2.75, 3.05) is 26.2 Å². The summed E-state index contributed by atoms with van der Waals surface area (Å²) < 4.78 is 55.1. The van der Waals surface area contributed by atoms with Crippen molar-refractivity contribution < 1.29 is 37.0 Å². The molecule has 0 bridgehead atoms. The molecule has 0 aliphatic carbocycles. The van der Waals surface area contributed by atoms with Crippen molar-refractivity contribution in [3.8, 4) is 5.75 Å². The largest absolute Gasteiger partial charge is 0.501 e. The summed E-state index contributed by atoms with van der Waals surface area (Å²) in [5.41, 5.74) is -2.98. The van der Waals surface area contributed by atoms with Crippen molar-refractivity contribution in [2.24, 2.45) is 0 Å². The lowest BCUT2D eigenvalue weighted by atomic mass is 10.1. The van der Waals surface area contributed by atoms with Gasteiger partial charge in [-0.3, -0.25) is 14.2 Å². The lowest BCUT2D eigenvalue weighted by Gasteiger charge is -2.39. The molecule has 4 rings (SSSR count). The van der Waals surface area contributed by atoms with Gasteiger partial charge in [0.15, 0.2) is 5.69 Å². The van der Waals surface area contributed by atoms with Crippen LogP contribution in [0.5, 0.6) is 5.75 Å². The molecule has 0 unspecified atom stereocenters. The maximum atomic E-state index is 14.3. The number of amides is 2. The molecular formula is C27H36FN5O8S. The van der Waals surface area contributed by atoms with Gasteiger partial charge in [0.1, 0.15) is 22.8 Å². The molecule has 1 saturated heterocycles. The molecule has 2 N–H and O–H groups in total. The number of nitrogens with one attached hydrogen (secondary N) is 1. The second-order valence-corrected chi connectivity index (χ2v) is 13.7. The van der Waals surface area contributed by atoms with Gasteiger partial charge in [-0.25, -0.2) is 22.6 Å². The predicted octanol–water partition coefficient (Wildman–Crippen LogP) is 1.91. The first-order chi connectivity index (χ1) is 19.4. The maximum absolute atomic E-state index is 14.3. The number of aromatic nitrogens is 2. The second-order valence-electron chi connectivity index (χ2n) is 11.8. The molecule has 2 aromatic rings. The van der Waals surface area contributed by atoms with Gasteiger partial charge >= 0.3 is 6.09 Å². The summed E-state index contributed by atoms with van der Waals surface area (Å²) in [6.07, 6.45) is -0.560. The van der Waals surface area contributed by atoms with E-state index in [9.17, 15) is 32.3 Å². The monoisotopic (exact) mass is 609 g/mol. The van der Waals surface area contributed by atoms with E-state index in [0.29, 0.717) is 0 Å². The zero-order valence-corrected chi connectivity index (χ0v) is 25.2. The summed E-state index contributed by atoms with van der Waals surface area (Å²) in [4.78, 5) is 43.6. The lowest BCUT2D eigenvalue weighted by molar-refractivity contribution is -0.0567. The zero-order valence-electron chi connectivity index (χ0n) is 24.4. The Bertz CT molecular complexity index is 1570. The summed E-state index contributed by atoms with van der Waals surface area (Å²) in [6, 6.07) is 2.63. The van der Waals surface area contributed by atoms with Gasteiger partial charge in [0.25, 0.3) is 11.5 Å². The van der Waals surface area contributed by atoms with E-state index in [1.54, 1.807) is 41.5 Å². The molecule has 0 spiro atoms. The maximum Gasteiger partial charge on any atom is 0.410 e. The summed E-state index contributed by atoms with van der Waals surface area (Å²) in [6.45, 7) is 10.2. The average molecular weight is 610 g/mol. The fourth-order valence-electron chi connectivity index (χ4n) is 4.87. The highest BCUT2D eigenvalue weighted by molar-refractivity contribution is 7.89. The zero-order chi connectivity index (χ0) is 31.2. The summed E-state index contributed by atoms with van der Waals surface area (Å²) in [5.74, 6) is -2.42. The van der Waals surface area contributed by atoms with Crippen LogP contribution in [0.15, 0.2) is 27.9 Å². The average Bonchev–Trinajstić information content (AvgIpc) is 2.88. The van der Waals surface area contributed by atoms with E-state index in [2.05, 4.69) is 10.3 Å². The van der Waals surface area contributed by atoms with Crippen LogP contribution in [0.3, 0.4) is 0 Å². The molecule has 42 heavy (non-hydrogen) atoms. The first-order valence-electron chi connectivity index (χ1n) is 13.5. The Morgan fingerprint density at radius 2 is 1.93 bits per heavy atom. The number of ether oxygens (including phenoxy) is 2. The number of carbonyl (C=O) groups is 2. The van der Waals surface area contributed by atoms with E-state index in [1.807, 2.05) is 0 Å². The highest BCUT2D eigenvalue weighted by atomic mass is 32.2. The minimum absolute atomic E-state index is 0.0526. The standard InChI is InChI=1S/C27H36FN5O8S/c1-16-15-31(9-10-32(16)25(37)41-26(2,3)4)42(38,39)19-13-18(28)8-7-17(19)14-29-22(35)20-21(34)23(36)33-11-12-40-27(5,6)24(33)30-20/h7-8,13,16,34H,9-12,14-15H2,1-6H3,(H,29,35)/t16-/m1/s1. The first-order valence-corrected chi connectivity index (χ1v) is 14.9. The van der Waals surface area contributed by atoms with Crippen LogP contribution in [0.4, 0.5) is 9.18 Å². The number of aromatic hydroxyl groups is 1. The normalized spacial score (nSPS) is 19.2. The van der Waals surface area contributed by atoms with Crippen LogP contribution in [0.25, 0.3) is 0 Å². The molecule has 15 heteroatoms. The summed E-state index contributed by atoms with van der Waals surface area (Å²) in [7, 11) is -4.26. The molecule has 0 saturated carbocycles. The Balaban J connectivity index is 1.55. The van der Waals surface area contributed by atoms with Gasteiger partial charge in [-0.05, 0) is 59.2 Å². The second kappa shape index (κ2) is 11.3. The number of hydrogen-bond acceptors (Lipinski definition) is 9. The van der Waals surface area contributed by atoms with Crippen LogP contribution in [0.2, 0.25) is 0 Å². The number of hydrogen-bond donors (Lipinski definition) is 2. The van der Waals surface area contributed by atoms with Crippen molar-refractivity contribution in [1.29, 1.82) is 0 Å². The van der Waals surface area contributed by atoms with Gasteiger partial charge in [0.2, 0.25) is 15.8 Å². The van der Waals surface area contributed by atoms with Crippen LogP contribution in [-0.4, -0.2) is 82.2 Å². The number of carbonyl (C=O) groups excluding carboxylic acids is 2. The van der Waals surface area contributed by atoms with E-state index in [-0.39, 0.29) is 55.6 Å². The van der Waals surface area contributed by atoms with Gasteiger partial charge < -0.3 is 24.8 Å². The number of piperazine rings is 1. The SMILES string of the molecule is C[C@@H]1CN(S(=O)(=O)c2cc(F)ccc2CNC(=O)c2nc3n(c(=O)c2O)CCOC3(C)C)CCN1C(=O)OC(C)(C)C. The van der Waals surface area contributed by atoms with Gasteiger partial charge in [0.05, 0.1) is 18.0 Å². The molecule has 1 atom stereocenters. The Morgan fingerprint density at radius 3 is 2.57 bits per heavy atom. The minimum Gasteiger partial charge on any atom is -0.501 e. The van der Waals surface area contributed by atoms with E-state index in [4.69, 9.17) is 9.47 Å². The molecule has 2 aliphatic heterocycles. The molecule has 230 valence electrons. The van der Waals surface area contributed by atoms with Gasteiger partial charge in [-0.15, -0.1) is 0 Å². The molecule has 1 fully saturated rings. The minimum atomic E-state index is -4.26. The van der Waals surface area contributed by atoms with E-state index in [1.165, 1.54) is 15.5 Å². The molecule has 2 aliphatic rings. The number of fused-ring (bicyclic) bond motifs is 1. The fourth-order valence-corrected chi connectivity index (χ4v) is 6.62. The number of halogens is 1. The highest BCUT2D eigenvalue weighted by Gasteiger charge is 2.38. The first kappa shape index (κ1) is 31.4. The van der Waals surface area contributed by atoms with E-state index < -0.39 is 62.1 Å². The highest BCUT2D eigenvalue weighted by Crippen LogP contribution is 2.28. The number of benzene rings is 1. The molecule has 2 amide bonds. The van der Waals surface area contributed by atoms with Gasteiger partial charge in [-0.1, -0.05) is 6.07 Å². The van der Waals surface area contributed by atoms with Crippen LogP contribution in [-0.2, 0) is 38.2 Å². The molecular weight excluding hydrogens is 573 g/mol. The third kappa shape index (κ3) is 6.27. The van der Waals surface area contributed by atoms with E-state index >= 15 is 0 Å². The topological polar surface area (TPSA) is 160 Å². The van der Waals surface area contributed by atoms with Crippen molar-refractivity contribution in [2.45, 2.75) is 76.8 Å². The predicted molar refractivity (Wildman–Crippen MR) is 148 cm³/mol. The Morgan fingerprint density at radius 1 is 1.24 bits per heavy atom. The van der Waals surface area contributed by atoms with Crippen LogP contribution in [0, 0.1) is 5.82 Å². The van der Waals surface area contributed by atoms with Gasteiger partial charge in [0, 0.05) is 32.2 Å². The van der Waals surface area contributed by atoms with Crippen molar-refractivity contribution >= 4 is 22.0 Å². The molecule has 13 nitrogen and oxygen atoms in total. The third-order valence-corrected chi connectivity index (χ3v) is 8.93. The summed E-state index contributed by atoms with van der Waals surface area (Å²) >= 11 is 0. The molecule has 1 aromatic heterocycles. The van der Waals surface area contributed by atoms with Crippen molar-refractivity contribution in [1.82, 2.24) is 24.1 Å². The molecule has 3 heterocycles. The fraction of sp³-hybridized carbons (Fsp3) is 0.556. The van der Waals surface area contributed by atoms with E-state index in [0.717, 1.165) is 16.4 Å². The quantitative estimate of drug-likeness (QED) is 0.516. The van der Waals surface area contributed by atoms with Crippen molar-refractivity contribution in [3.63, 3.8) is 0 Å². The van der Waals surface area contributed by atoms with Crippen LogP contribution >= 0.6 is 0 Å². The van der Waals surface area contributed by atoms with Crippen molar-refractivity contribution in [3.05, 3.63) is 51.5 Å². The lowest BCUT2D eigenvalue weighted by Crippen LogP contribution is -2.56.